The van der Waals surface area contributed by atoms with E-state index in [-0.39, 0.29) is 0 Å². The first-order valence-electron chi connectivity index (χ1n) is 7.64. The predicted molar refractivity (Wildman–Crippen MR) is 79.9 cm³/mol. The molecule has 0 radical (unpaired) electrons. The number of nitrogens with two attached hydrogens (primary N) is 1. The molecule has 0 aromatic rings. The molecular formula is C15H33N3. The summed E-state index contributed by atoms with van der Waals surface area (Å²) in [6, 6.07) is 0.924. The molecule has 18 heavy (non-hydrogen) atoms. The highest BCUT2D eigenvalue weighted by atomic mass is 15.3. The first kappa shape index (κ1) is 15.9. The lowest BCUT2D eigenvalue weighted by atomic mass is 9.98. The van der Waals surface area contributed by atoms with Crippen molar-refractivity contribution in [3.8, 4) is 0 Å². The Morgan fingerprint density at radius 1 is 1.06 bits per heavy atom. The van der Waals surface area contributed by atoms with Crippen LogP contribution in [-0.4, -0.2) is 53.6 Å². The maximum absolute atomic E-state index is 6.33. The van der Waals surface area contributed by atoms with Crippen molar-refractivity contribution in [2.24, 2.45) is 5.73 Å². The first-order valence-corrected chi connectivity index (χ1v) is 7.64. The van der Waals surface area contributed by atoms with Gasteiger partial charge in [-0.3, -0.25) is 9.80 Å². The Morgan fingerprint density at radius 2 is 1.61 bits per heavy atom. The van der Waals surface area contributed by atoms with Gasteiger partial charge in [0.2, 0.25) is 0 Å². The van der Waals surface area contributed by atoms with Crippen LogP contribution in [0, 0.1) is 0 Å². The second-order valence-corrected chi connectivity index (χ2v) is 6.62. The highest BCUT2D eigenvalue weighted by Crippen LogP contribution is 2.19. The van der Waals surface area contributed by atoms with Gasteiger partial charge in [-0.2, -0.15) is 0 Å². The average molecular weight is 255 g/mol. The summed E-state index contributed by atoms with van der Waals surface area (Å²) in [5.41, 5.74) is 6.64. The van der Waals surface area contributed by atoms with Crippen molar-refractivity contribution in [3.05, 3.63) is 0 Å². The molecule has 2 atom stereocenters. The fourth-order valence-electron chi connectivity index (χ4n) is 3.08. The van der Waals surface area contributed by atoms with Crippen molar-refractivity contribution in [1.82, 2.24) is 9.80 Å². The number of piperazine rings is 1. The molecule has 1 rings (SSSR count). The Labute approximate surface area is 114 Å². The van der Waals surface area contributed by atoms with Gasteiger partial charge < -0.3 is 5.73 Å². The summed E-state index contributed by atoms with van der Waals surface area (Å²) in [6.07, 6.45) is 3.52. The van der Waals surface area contributed by atoms with E-state index in [4.69, 9.17) is 5.73 Å². The molecule has 0 aromatic heterocycles. The van der Waals surface area contributed by atoms with E-state index in [1.165, 1.54) is 39.0 Å². The van der Waals surface area contributed by atoms with Crippen LogP contribution >= 0.6 is 0 Å². The number of hydrogen-bond acceptors (Lipinski definition) is 3. The van der Waals surface area contributed by atoms with Crippen LogP contribution in [0.25, 0.3) is 0 Å². The fraction of sp³-hybridized carbons (Fsp3) is 1.00. The third kappa shape index (κ3) is 4.22. The molecule has 108 valence electrons. The molecule has 0 aromatic carbocycles. The summed E-state index contributed by atoms with van der Waals surface area (Å²) < 4.78 is 0. The zero-order chi connectivity index (χ0) is 13.8. The second kappa shape index (κ2) is 6.88. The fourth-order valence-corrected chi connectivity index (χ4v) is 3.08. The lowest BCUT2D eigenvalue weighted by molar-refractivity contribution is 0.0343. The van der Waals surface area contributed by atoms with Crippen LogP contribution in [0.15, 0.2) is 0 Å². The highest BCUT2D eigenvalue weighted by Gasteiger charge is 2.30. The molecule has 0 aliphatic carbocycles. The van der Waals surface area contributed by atoms with Gasteiger partial charge in [0.05, 0.1) is 0 Å². The van der Waals surface area contributed by atoms with E-state index in [0.717, 1.165) is 6.42 Å². The van der Waals surface area contributed by atoms with Gasteiger partial charge in [0.25, 0.3) is 0 Å². The molecular weight excluding hydrogens is 222 g/mol. The summed E-state index contributed by atoms with van der Waals surface area (Å²) in [5.74, 6) is 0. The van der Waals surface area contributed by atoms with Crippen molar-refractivity contribution in [2.75, 3.05) is 26.2 Å². The summed E-state index contributed by atoms with van der Waals surface area (Å²) >= 11 is 0. The summed E-state index contributed by atoms with van der Waals surface area (Å²) in [6.45, 7) is 16.1. The van der Waals surface area contributed by atoms with Crippen LogP contribution in [0.1, 0.15) is 53.9 Å². The Hall–Kier alpha value is -0.120. The number of nitrogens with zero attached hydrogens (tertiary/aromatic N) is 2. The van der Waals surface area contributed by atoms with Gasteiger partial charge in [0.1, 0.15) is 0 Å². The normalized spacial score (nSPS) is 23.0. The van der Waals surface area contributed by atoms with Gasteiger partial charge in [-0.25, -0.2) is 0 Å². The summed E-state index contributed by atoms with van der Waals surface area (Å²) in [5, 5.41) is 0. The van der Waals surface area contributed by atoms with E-state index in [2.05, 4.69) is 44.4 Å². The second-order valence-electron chi connectivity index (χ2n) is 6.62. The minimum atomic E-state index is 0.305. The third-order valence-corrected chi connectivity index (χ3v) is 4.27. The van der Waals surface area contributed by atoms with Crippen LogP contribution < -0.4 is 5.73 Å². The summed E-state index contributed by atoms with van der Waals surface area (Å²) in [7, 11) is 0. The van der Waals surface area contributed by atoms with E-state index >= 15 is 0 Å². The minimum absolute atomic E-state index is 0.305. The Kier molecular flexibility index (Phi) is 6.09. The predicted octanol–water partition coefficient (Wildman–Crippen LogP) is 2.31. The molecule has 1 saturated heterocycles. The molecule has 1 heterocycles. The van der Waals surface area contributed by atoms with Crippen molar-refractivity contribution >= 4 is 0 Å². The van der Waals surface area contributed by atoms with Crippen molar-refractivity contribution in [2.45, 2.75) is 71.5 Å². The molecule has 0 spiro atoms. The molecule has 3 nitrogen and oxygen atoms in total. The Balaban J connectivity index is 2.50. The van der Waals surface area contributed by atoms with Gasteiger partial charge >= 0.3 is 0 Å². The van der Waals surface area contributed by atoms with Crippen molar-refractivity contribution in [3.63, 3.8) is 0 Å². The van der Waals surface area contributed by atoms with Crippen LogP contribution in [0.5, 0.6) is 0 Å². The summed E-state index contributed by atoms with van der Waals surface area (Å²) in [4.78, 5) is 5.20. The molecule has 0 amide bonds. The Bertz CT molecular complexity index is 226. The first-order chi connectivity index (χ1) is 8.40. The molecule has 1 aliphatic heterocycles. The van der Waals surface area contributed by atoms with Crippen LogP contribution in [0.4, 0.5) is 0 Å². The molecule has 2 unspecified atom stereocenters. The largest absolute Gasteiger partial charge is 0.326 e. The van der Waals surface area contributed by atoms with E-state index < -0.39 is 0 Å². The molecule has 2 N–H and O–H groups in total. The van der Waals surface area contributed by atoms with Crippen LogP contribution in [0.2, 0.25) is 0 Å². The number of rotatable bonds is 5. The molecule has 0 bridgehead atoms. The SMILES string of the molecule is CCCC(N)C(CC)N1CCN(C(C)(C)C)CC1. The quantitative estimate of drug-likeness (QED) is 0.818. The van der Waals surface area contributed by atoms with Crippen molar-refractivity contribution < 1.29 is 0 Å². The topological polar surface area (TPSA) is 32.5 Å². The zero-order valence-corrected chi connectivity index (χ0v) is 13.1. The highest BCUT2D eigenvalue weighted by molar-refractivity contribution is 4.87. The standard InChI is InChI=1S/C15H33N3/c1-6-8-13(16)14(7-2)17-9-11-18(12-10-17)15(3,4)5/h13-14H,6-12,16H2,1-5H3. The molecule has 3 heteroatoms. The minimum Gasteiger partial charge on any atom is -0.326 e. The van der Waals surface area contributed by atoms with Crippen LogP contribution in [-0.2, 0) is 0 Å². The Morgan fingerprint density at radius 3 is 2.00 bits per heavy atom. The number of hydrogen-bond donors (Lipinski definition) is 1. The molecule has 1 aliphatic rings. The monoisotopic (exact) mass is 255 g/mol. The van der Waals surface area contributed by atoms with E-state index in [9.17, 15) is 0 Å². The van der Waals surface area contributed by atoms with E-state index in [1.807, 2.05) is 0 Å². The van der Waals surface area contributed by atoms with E-state index in [1.54, 1.807) is 0 Å². The average Bonchev–Trinajstić information content (AvgIpc) is 2.30. The van der Waals surface area contributed by atoms with Crippen LogP contribution in [0.3, 0.4) is 0 Å². The lowest BCUT2D eigenvalue weighted by Crippen LogP contribution is -2.58. The van der Waals surface area contributed by atoms with Crippen molar-refractivity contribution in [1.29, 1.82) is 0 Å². The maximum atomic E-state index is 6.33. The smallest absolute Gasteiger partial charge is 0.0245 e. The van der Waals surface area contributed by atoms with Gasteiger partial charge in [-0.05, 0) is 33.6 Å². The maximum Gasteiger partial charge on any atom is 0.0245 e. The lowest BCUT2D eigenvalue weighted by Gasteiger charge is -2.45. The van der Waals surface area contributed by atoms with E-state index in [0.29, 0.717) is 17.6 Å². The molecule has 1 fully saturated rings. The third-order valence-electron chi connectivity index (χ3n) is 4.27. The zero-order valence-electron chi connectivity index (χ0n) is 13.1. The molecule has 0 saturated carbocycles. The van der Waals surface area contributed by atoms with Gasteiger partial charge in [-0.1, -0.05) is 20.3 Å². The van der Waals surface area contributed by atoms with Gasteiger partial charge in [0.15, 0.2) is 0 Å². The van der Waals surface area contributed by atoms with Gasteiger partial charge in [-0.15, -0.1) is 0 Å². The van der Waals surface area contributed by atoms with Gasteiger partial charge in [0, 0.05) is 43.8 Å².